The Kier molecular flexibility index (Phi) is 10.1. The van der Waals surface area contributed by atoms with Crippen LogP contribution in [0.1, 0.15) is 16.8 Å². The summed E-state index contributed by atoms with van der Waals surface area (Å²) in [6.45, 7) is 2.79. The number of halogens is 1. The molecule has 0 saturated heterocycles. The van der Waals surface area contributed by atoms with E-state index < -0.39 is 15.7 Å². The number of ether oxygens (including phenoxy) is 3. The summed E-state index contributed by atoms with van der Waals surface area (Å²) in [5.74, 6) is 2.12. The van der Waals surface area contributed by atoms with Gasteiger partial charge in [0.1, 0.15) is 23.0 Å². The van der Waals surface area contributed by atoms with Gasteiger partial charge >= 0.3 is 0 Å². The molecule has 0 amide bonds. The lowest BCUT2D eigenvalue weighted by Crippen LogP contribution is -2.23. The van der Waals surface area contributed by atoms with Crippen LogP contribution in [0.25, 0.3) is 11.3 Å². The van der Waals surface area contributed by atoms with Gasteiger partial charge in [-0.1, -0.05) is 24.3 Å². The molecule has 0 saturated carbocycles. The summed E-state index contributed by atoms with van der Waals surface area (Å²) in [5, 5.41) is 9.39. The van der Waals surface area contributed by atoms with Gasteiger partial charge in [-0.2, -0.15) is 15.2 Å². The summed E-state index contributed by atoms with van der Waals surface area (Å²) in [5.41, 5.74) is 3.97. The van der Waals surface area contributed by atoms with E-state index in [0.29, 0.717) is 47.5 Å². The molecule has 6 rings (SSSR count). The van der Waals surface area contributed by atoms with Crippen molar-refractivity contribution in [1.82, 2.24) is 29.5 Å². The van der Waals surface area contributed by atoms with Crippen LogP contribution in [0.15, 0.2) is 90.1 Å². The number of benzene rings is 3. The third kappa shape index (κ3) is 7.54. The van der Waals surface area contributed by atoms with E-state index in [-0.39, 0.29) is 16.5 Å². The van der Waals surface area contributed by atoms with Crippen molar-refractivity contribution in [2.75, 3.05) is 44.4 Å². The molecule has 270 valence electrons. The topological polar surface area (TPSA) is 130 Å². The number of aromatic nitrogens is 6. The van der Waals surface area contributed by atoms with Crippen LogP contribution in [0.3, 0.4) is 0 Å². The first-order valence-corrected chi connectivity index (χ1v) is 18.0. The third-order valence-electron chi connectivity index (χ3n) is 8.52. The second kappa shape index (κ2) is 14.7. The van der Waals surface area contributed by atoms with Crippen LogP contribution in [-0.4, -0.2) is 72.6 Å². The van der Waals surface area contributed by atoms with Crippen molar-refractivity contribution in [3.8, 4) is 28.5 Å². The van der Waals surface area contributed by atoms with Crippen LogP contribution >= 0.6 is 0 Å². The van der Waals surface area contributed by atoms with E-state index in [1.54, 1.807) is 45.4 Å². The van der Waals surface area contributed by atoms with E-state index in [9.17, 15) is 8.42 Å². The van der Waals surface area contributed by atoms with Crippen LogP contribution < -0.4 is 24.0 Å². The summed E-state index contributed by atoms with van der Waals surface area (Å²) in [7, 11) is 4.54. The predicted octanol–water partition coefficient (Wildman–Crippen LogP) is 6.10. The maximum atomic E-state index is 15.6. The van der Waals surface area contributed by atoms with Crippen LogP contribution in [0, 0.1) is 12.7 Å². The summed E-state index contributed by atoms with van der Waals surface area (Å²) < 4.78 is 60.2. The van der Waals surface area contributed by atoms with Gasteiger partial charge in [0.05, 0.1) is 51.2 Å². The zero-order chi connectivity index (χ0) is 37.2. The molecular formula is C37H39FN8O5S. The fourth-order valence-electron chi connectivity index (χ4n) is 5.65. The largest absolute Gasteiger partial charge is 0.497 e. The summed E-state index contributed by atoms with van der Waals surface area (Å²) in [6.07, 6.45) is 4.48. The zero-order valence-electron chi connectivity index (χ0n) is 29.9. The Hall–Kier alpha value is -5.96. The van der Waals surface area contributed by atoms with E-state index in [1.165, 1.54) is 24.1 Å². The third-order valence-corrected chi connectivity index (χ3v) is 9.63. The molecule has 3 aromatic carbocycles. The molecule has 13 nitrogen and oxygen atoms in total. The minimum absolute atomic E-state index is 0.0713. The smallest absolute Gasteiger partial charge is 0.232 e. The molecule has 0 radical (unpaired) electrons. The molecule has 0 unspecified atom stereocenters. The molecule has 0 aliphatic rings. The van der Waals surface area contributed by atoms with Gasteiger partial charge in [-0.25, -0.2) is 17.8 Å². The highest BCUT2D eigenvalue weighted by molar-refractivity contribution is 7.90. The number of hydrogen-bond acceptors (Lipinski definition) is 11. The molecule has 0 fully saturated rings. The van der Waals surface area contributed by atoms with Crippen molar-refractivity contribution in [3.05, 3.63) is 108 Å². The number of rotatable bonds is 13. The van der Waals surface area contributed by atoms with Gasteiger partial charge < -0.3 is 24.0 Å². The lowest BCUT2D eigenvalue weighted by Gasteiger charge is -2.27. The van der Waals surface area contributed by atoms with Gasteiger partial charge in [0.15, 0.2) is 27.2 Å². The van der Waals surface area contributed by atoms with Crippen LogP contribution in [-0.2, 0) is 30.0 Å². The number of nitrogens with zero attached hydrogens (tertiary/aromatic N) is 8. The Bertz CT molecular complexity index is 2310. The Morgan fingerprint density at radius 2 is 1.52 bits per heavy atom. The number of anilines is 4. The fraction of sp³-hybridized carbons (Fsp3) is 0.243. The van der Waals surface area contributed by atoms with Crippen molar-refractivity contribution in [2.24, 2.45) is 7.05 Å². The Morgan fingerprint density at radius 1 is 0.865 bits per heavy atom. The molecule has 3 aromatic heterocycles. The zero-order valence-corrected chi connectivity index (χ0v) is 30.7. The van der Waals surface area contributed by atoms with Crippen LogP contribution in [0.4, 0.5) is 27.7 Å². The van der Waals surface area contributed by atoms with Crippen molar-refractivity contribution in [2.45, 2.75) is 24.9 Å². The molecule has 3 heterocycles. The van der Waals surface area contributed by atoms with E-state index in [1.807, 2.05) is 71.1 Å². The number of sulfone groups is 1. The standard InChI is InChI=1S/C37H39FN8O5S/c1-24-18-33(42-46(24)22-26-10-14-29(50-5)15-11-26)45(21-25-8-12-28(49-4)13-9-25)36-35(51-6)34(27-20-39-43(2)23-27)40-37(41-36)44(3)32-17-16-30(19-31(32)38)52(7,47)48/h8-20,23H,21-22H2,1-7H3. The van der Waals surface area contributed by atoms with Crippen molar-refractivity contribution >= 4 is 33.1 Å². The molecule has 0 N–H and O–H groups in total. The fourth-order valence-corrected chi connectivity index (χ4v) is 6.28. The number of hydrogen-bond donors (Lipinski definition) is 0. The lowest BCUT2D eigenvalue weighted by atomic mass is 10.1. The Balaban J connectivity index is 1.53. The molecule has 0 aliphatic heterocycles. The van der Waals surface area contributed by atoms with Gasteiger partial charge in [-0.15, -0.1) is 0 Å². The summed E-state index contributed by atoms with van der Waals surface area (Å²) in [6, 6.07) is 21.2. The number of aryl methyl sites for hydroxylation is 2. The van der Waals surface area contributed by atoms with Crippen molar-refractivity contribution in [1.29, 1.82) is 0 Å². The first-order chi connectivity index (χ1) is 24.9. The highest BCUT2D eigenvalue weighted by Gasteiger charge is 2.28. The maximum Gasteiger partial charge on any atom is 0.232 e. The summed E-state index contributed by atoms with van der Waals surface area (Å²) in [4.78, 5) is 13.1. The molecule has 0 spiro atoms. The van der Waals surface area contributed by atoms with Crippen LogP contribution in [0.2, 0.25) is 0 Å². The second-order valence-electron chi connectivity index (χ2n) is 12.2. The first-order valence-electron chi connectivity index (χ1n) is 16.1. The minimum atomic E-state index is -3.63. The van der Waals surface area contributed by atoms with Crippen LogP contribution in [0.5, 0.6) is 17.2 Å². The first kappa shape index (κ1) is 35.9. The average molecular weight is 727 g/mol. The Labute approximate surface area is 301 Å². The normalized spacial score (nSPS) is 11.4. The van der Waals surface area contributed by atoms with E-state index in [0.717, 1.165) is 34.9 Å². The highest BCUT2D eigenvalue weighted by Crippen LogP contribution is 2.42. The van der Waals surface area contributed by atoms with Gasteiger partial charge in [0, 0.05) is 43.9 Å². The quantitative estimate of drug-likeness (QED) is 0.137. The predicted molar refractivity (Wildman–Crippen MR) is 196 cm³/mol. The van der Waals surface area contributed by atoms with Gasteiger partial charge in [0.2, 0.25) is 5.95 Å². The number of methoxy groups -OCH3 is 3. The molecular weight excluding hydrogens is 688 g/mol. The van der Waals surface area contributed by atoms with Crippen molar-refractivity contribution in [3.63, 3.8) is 0 Å². The molecule has 52 heavy (non-hydrogen) atoms. The Morgan fingerprint density at radius 3 is 2.08 bits per heavy atom. The van der Waals surface area contributed by atoms with Gasteiger partial charge in [-0.05, 0) is 60.5 Å². The monoisotopic (exact) mass is 726 g/mol. The minimum Gasteiger partial charge on any atom is -0.497 e. The molecule has 15 heteroatoms. The van der Waals surface area contributed by atoms with Gasteiger partial charge in [-0.3, -0.25) is 9.36 Å². The molecule has 0 bridgehead atoms. The maximum absolute atomic E-state index is 15.6. The molecule has 6 aromatic rings. The second-order valence-corrected chi connectivity index (χ2v) is 14.2. The van der Waals surface area contributed by atoms with Gasteiger partial charge in [0.25, 0.3) is 0 Å². The lowest BCUT2D eigenvalue weighted by molar-refractivity contribution is 0.413. The van der Waals surface area contributed by atoms with E-state index >= 15 is 4.39 Å². The summed E-state index contributed by atoms with van der Waals surface area (Å²) >= 11 is 0. The SMILES string of the molecule is COc1ccc(CN(c2cc(C)n(Cc3ccc(OC)cc3)n2)c2nc(N(C)c3ccc(S(C)(=O)=O)cc3F)nc(-c3cnn(C)c3)c2OC)cc1. The van der Waals surface area contributed by atoms with Crippen molar-refractivity contribution < 1.29 is 27.0 Å². The highest BCUT2D eigenvalue weighted by atomic mass is 32.2. The molecule has 0 atom stereocenters. The molecule has 0 aliphatic carbocycles. The van der Waals surface area contributed by atoms with E-state index in [2.05, 4.69) is 5.10 Å². The van der Waals surface area contributed by atoms with E-state index in [4.69, 9.17) is 29.3 Å². The average Bonchev–Trinajstić information content (AvgIpc) is 3.74.